The van der Waals surface area contributed by atoms with Crippen LogP contribution in [0.3, 0.4) is 0 Å². The van der Waals surface area contributed by atoms with Gasteiger partial charge in [-0.3, -0.25) is 0 Å². The van der Waals surface area contributed by atoms with Crippen molar-refractivity contribution in [3.05, 3.63) is 35.4 Å². The molecule has 1 aromatic rings. The van der Waals surface area contributed by atoms with Gasteiger partial charge in [-0.15, -0.1) is 0 Å². The molecule has 0 aromatic heterocycles. The van der Waals surface area contributed by atoms with Gasteiger partial charge in [-0.25, -0.2) is 9.59 Å². The molecule has 4 atom stereocenters. The van der Waals surface area contributed by atoms with E-state index in [9.17, 15) is 33.0 Å². The third-order valence-electron chi connectivity index (χ3n) is 5.11. The van der Waals surface area contributed by atoms with Crippen molar-refractivity contribution in [2.75, 3.05) is 13.2 Å². The van der Waals surface area contributed by atoms with Crippen LogP contribution in [0.2, 0.25) is 0 Å². The lowest BCUT2D eigenvalue weighted by atomic mass is 9.64. The number of alkyl halides is 3. The second-order valence-electron chi connectivity index (χ2n) is 6.99. The Balaban J connectivity index is 2.47. The quantitative estimate of drug-likeness (QED) is 0.619. The number of hydrogen-bond donors (Lipinski definition) is 3. The predicted octanol–water partition coefficient (Wildman–Crippen LogP) is 1.50. The summed E-state index contributed by atoms with van der Waals surface area (Å²) in [5, 5.41) is 21.9. The minimum absolute atomic E-state index is 0.0867. The summed E-state index contributed by atoms with van der Waals surface area (Å²) in [6.45, 7) is 2.83. The molecule has 4 N–H and O–H groups in total. The van der Waals surface area contributed by atoms with Gasteiger partial charge in [0.05, 0.1) is 24.8 Å². The first kappa shape index (κ1) is 23.1. The molecule has 1 aromatic carbocycles. The van der Waals surface area contributed by atoms with Gasteiger partial charge in [-0.2, -0.15) is 13.2 Å². The Morgan fingerprint density at radius 2 is 1.45 bits per heavy atom. The lowest BCUT2D eigenvalue weighted by Crippen LogP contribution is -2.71. The van der Waals surface area contributed by atoms with E-state index in [0.717, 1.165) is 12.1 Å². The van der Waals surface area contributed by atoms with Gasteiger partial charge < -0.3 is 25.4 Å². The Labute approximate surface area is 165 Å². The van der Waals surface area contributed by atoms with E-state index in [1.54, 1.807) is 0 Å². The van der Waals surface area contributed by atoms with Gasteiger partial charge in [0, 0.05) is 0 Å². The van der Waals surface area contributed by atoms with Crippen molar-refractivity contribution in [2.24, 2.45) is 5.73 Å². The summed E-state index contributed by atoms with van der Waals surface area (Å²) in [5.41, 5.74) is 0.450. The van der Waals surface area contributed by atoms with Crippen LogP contribution in [0.15, 0.2) is 24.3 Å². The van der Waals surface area contributed by atoms with Gasteiger partial charge in [0.2, 0.25) is 0 Å². The minimum atomic E-state index is -4.54. The first-order valence-corrected chi connectivity index (χ1v) is 9.12. The van der Waals surface area contributed by atoms with Crippen LogP contribution in [0.25, 0.3) is 0 Å². The molecule has 2 unspecified atom stereocenters. The molecule has 0 amide bonds. The number of nitrogens with two attached hydrogens (primary N) is 1. The maximum Gasteiger partial charge on any atom is 0.416 e. The second-order valence-corrected chi connectivity index (χ2v) is 6.99. The van der Waals surface area contributed by atoms with E-state index >= 15 is 0 Å². The van der Waals surface area contributed by atoms with Crippen LogP contribution in [0.1, 0.15) is 43.7 Å². The molecule has 7 nitrogen and oxygen atoms in total. The van der Waals surface area contributed by atoms with Crippen molar-refractivity contribution in [1.82, 2.24) is 0 Å². The third kappa shape index (κ3) is 4.39. The highest BCUT2D eigenvalue weighted by molar-refractivity contribution is 5.87. The molecule has 1 aliphatic rings. The molecule has 0 saturated heterocycles. The summed E-state index contributed by atoms with van der Waals surface area (Å²) < 4.78 is 48.2. The molecule has 29 heavy (non-hydrogen) atoms. The van der Waals surface area contributed by atoms with Crippen LogP contribution in [-0.4, -0.2) is 52.6 Å². The number of aliphatic hydroxyl groups is 2. The fraction of sp³-hybridized carbons (Fsp3) is 0.579. The van der Waals surface area contributed by atoms with Crippen molar-refractivity contribution in [3.63, 3.8) is 0 Å². The summed E-state index contributed by atoms with van der Waals surface area (Å²) in [6.07, 6.45) is -5.23. The first-order chi connectivity index (χ1) is 13.4. The van der Waals surface area contributed by atoms with E-state index in [0.29, 0.717) is 0 Å². The number of carbonyl (C=O) groups excluding carboxylic acids is 2. The number of rotatable bonds is 5. The van der Waals surface area contributed by atoms with Crippen LogP contribution in [0, 0.1) is 0 Å². The average Bonchev–Trinajstić information content (AvgIpc) is 2.65. The van der Waals surface area contributed by atoms with Crippen molar-refractivity contribution in [2.45, 2.75) is 56.0 Å². The Morgan fingerprint density at radius 1 is 1.03 bits per heavy atom. The van der Waals surface area contributed by atoms with Crippen molar-refractivity contribution < 1.29 is 42.4 Å². The summed E-state index contributed by atoms with van der Waals surface area (Å²) in [6, 6.07) is 2.27. The summed E-state index contributed by atoms with van der Waals surface area (Å²) >= 11 is 0. The molecule has 2 rings (SSSR count). The fourth-order valence-corrected chi connectivity index (χ4v) is 3.59. The maximum absolute atomic E-state index is 12.8. The highest BCUT2D eigenvalue weighted by atomic mass is 19.4. The number of halogens is 3. The summed E-state index contributed by atoms with van der Waals surface area (Å²) in [7, 11) is 0. The highest BCUT2D eigenvalue weighted by Gasteiger charge is 2.62. The Hall–Kier alpha value is -2.17. The lowest BCUT2D eigenvalue weighted by Gasteiger charge is -2.47. The van der Waals surface area contributed by atoms with Gasteiger partial charge >= 0.3 is 18.1 Å². The van der Waals surface area contributed by atoms with Gasteiger partial charge in [-0.1, -0.05) is 12.1 Å². The van der Waals surface area contributed by atoms with Gasteiger partial charge in [0.1, 0.15) is 0 Å². The van der Waals surface area contributed by atoms with Crippen LogP contribution in [0.5, 0.6) is 0 Å². The van der Waals surface area contributed by atoms with E-state index in [4.69, 9.17) is 15.2 Å². The number of esters is 2. The zero-order valence-electron chi connectivity index (χ0n) is 16.0. The number of hydrogen-bond acceptors (Lipinski definition) is 7. The fourth-order valence-electron chi connectivity index (χ4n) is 3.59. The van der Waals surface area contributed by atoms with Crippen molar-refractivity contribution in [3.8, 4) is 0 Å². The van der Waals surface area contributed by atoms with Crippen molar-refractivity contribution >= 4 is 11.9 Å². The average molecular weight is 419 g/mol. The topological polar surface area (TPSA) is 119 Å². The Morgan fingerprint density at radius 3 is 1.79 bits per heavy atom. The molecular formula is C19H24F3NO6. The standard InChI is InChI=1S/C19H24F3NO6/c1-3-28-15(24)17(26)9-12(10-18(27,14(17)23)16(25)29-4-2)11-5-7-13(8-6-11)19(20,21)22/h5-8,12,14,26-27H,3-4,9-10,23H2,1-2H3/t12?,14?,17-,18+. The molecular weight excluding hydrogens is 395 g/mol. The molecule has 0 spiro atoms. The molecule has 162 valence electrons. The Kier molecular flexibility index (Phi) is 6.61. The second kappa shape index (κ2) is 8.29. The van der Waals surface area contributed by atoms with E-state index in [1.807, 2.05) is 0 Å². The maximum atomic E-state index is 12.8. The van der Waals surface area contributed by atoms with Gasteiger partial charge in [0.15, 0.2) is 11.2 Å². The lowest BCUT2D eigenvalue weighted by molar-refractivity contribution is -0.198. The van der Waals surface area contributed by atoms with E-state index < -0.39 is 46.8 Å². The third-order valence-corrected chi connectivity index (χ3v) is 5.11. The molecule has 1 saturated carbocycles. The Bertz CT molecular complexity index is 719. The zero-order chi connectivity index (χ0) is 22.0. The normalized spacial score (nSPS) is 29.9. The number of benzene rings is 1. The molecule has 1 fully saturated rings. The van der Waals surface area contributed by atoms with E-state index in [-0.39, 0.29) is 31.6 Å². The summed E-state index contributed by atoms with van der Waals surface area (Å²) in [4.78, 5) is 24.8. The number of carbonyl (C=O) groups is 2. The van der Waals surface area contributed by atoms with Crippen LogP contribution >= 0.6 is 0 Å². The first-order valence-electron chi connectivity index (χ1n) is 9.12. The highest BCUT2D eigenvalue weighted by Crippen LogP contribution is 2.45. The van der Waals surface area contributed by atoms with Crippen molar-refractivity contribution in [1.29, 1.82) is 0 Å². The zero-order valence-corrected chi connectivity index (χ0v) is 16.0. The number of ether oxygens (including phenoxy) is 2. The molecule has 0 heterocycles. The summed E-state index contributed by atoms with van der Waals surface area (Å²) in [5.74, 6) is -3.13. The van der Waals surface area contributed by atoms with Crippen LogP contribution in [0.4, 0.5) is 13.2 Å². The van der Waals surface area contributed by atoms with Crippen LogP contribution in [-0.2, 0) is 25.2 Å². The van der Waals surface area contributed by atoms with Gasteiger partial charge in [0.25, 0.3) is 0 Å². The molecule has 1 aliphatic carbocycles. The monoisotopic (exact) mass is 419 g/mol. The predicted molar refractivity (Wildman–Crippen MR) is 94.6 cm³/mol. The smallest absolute Gasteiger partial charge is 0.416 e. The molecule has 10 heteroatoms. The van der Waals surface area contributed by atoms with Crippen LogP contribution < -0.4 is 5.73 Å². The SMILES string of the molecule is CCOC(=O)[C@]1(O)CC(c2ccc(C(F)(F)F)cc2)C[C@](O)(C(=O)OCC)C1N. The minimum Gasteiger partial charge on any atom is -0.464 e. The largest absolute Gasteiger partial charge is 0.464 e. The molecule has 0 bridgehead atoms. The molecule has 0 aliphatic heterocycles. The van der Waals surface area contributed by atoms with E-state index in [2.05, 4.69) is 0 Å². The van der Waals surface area contributed by atoms with Gasteiger partial charge in [-0.05, 0) is 50.3 Å². The molecule has 0 radical (unpaired) electrons. The van der Waals surface area contributed by atoms with E-state index in [1.165, 1.54) is 26.0 Å².